The second kappa shape index (κ2) is 6.42. The topological polar surface area (TPSA) is 95.7 Å². The minimum absolute atomic E-state index is 0.0148. The highest BCUT2D eigenvalue weighted by atomic mass is 35.5. The van der Waals surface area contributed by atoms with Crippen molar-refractivity contribution in [1.82, 2.24) is 0 Å². The molecule has 108 valence electrons. The monoisotopic (exact) mass is 307 g/mol. The number of aliphatic hydroxyl groups excluding tert-OH is 1. The highest BCUT2D eigenvalue weighted by molar-refractivity contribution is 7.89. The SMILES string of the molecule is CN(C)c1ccc(S(N)(=O)=O)cc1NCC(O)CCl. The van der Waals surface area contributed by atoms with E-state index >= 15 is 0 Å². The normalized spacial score (nSPS) is 13.1. The van der Waals surface area contributed by atoms with Crippen LogP contribution >= 0.6 is 11.6 Å². The Morgan fingerprint density at radius 2 is 2.11 bits per heavy atom. The molecule has 1 unspecified atom stereocenters. The Morgan fingerprint density at radius 3 is 2.58 bits per heavy atom. The molecule has 0 saturated heterocycles. The lowest BCUT2D eigenvalue weighted by Gasteiger charge is -2.20. The molecule has 0 aromatic heterocycles. The van der Waals surface area contributed by atoms with Gasteiger partial charge >= 0.3 is 0 Å². The summed E-state index contributed by atoms with van der Waals surface area (Å²) in [6, 6.07) is 4.52. The van der Waals surface area contributed by atoms with Crippen LogP contribution in [0.1, 0.15) is 0 Å². The molecule has 0 aliphatic carbocycles. The van der Waals surface area contributed by atoms with Gasteiger partial charge in [0.05, 0.1) is 28.3 Å². The number of benzene rings is 1. The van der Waals surface area contributed by atoms with Crippen molar-refractivity contribution >= 4 is 33.0 Å². The molecule has 4 N–H and O–H groups in total. The van der Waals surface area contributed by atoms with Crippen LogP contribution in [0.25, 0.3) is 0 Å². The second-order valence-electron chi connectivity index (χ2n) is 4.31. The van der Waals surface area contributed by atoms with Gasteiger partial charge in [0.15, 0.2) is 0 Å². The third-order valence-electron chi connectivity index (χ3n) is 2.48. The molecule has 0 spiro atoms. The van der Waals surface area contributed by atoms with Gasteiger partial charge in [-0.1, -0.05) is 0 Å². The summed E-state index contributed by atoms with van der Waals surface area (Å²) in [6.45, 7) is 0.221. The summed E-state index contributed by atoms with van der Waals surface area (Å²) in [5.74, 6) is 0.0964. The van der Waals surface area contributed by atoms with Gasteiger partial charge in [0.1, 0.15) is 0 Å². The van der Waals surface area contributed by atoms with Crippen LogP contribution in [0.5, 0.6) is 0 Å². The molecule has 1 aromatic carbocycles. The molecule has 0 saturated carbocycles. The van der Waals surface area contributed by atoms with E-state index in [4.69, 9.17) is 16.7 Å². The molecule has 19 heavy (non-hydrogen) atoms. The Kier molecular flexibility index (Phi) is 5.42. The zero-order valence-corrected chi connectivity index (χ0v) is 12.4. The van der Waals surface area contributed by atoms with Gasteiger partial charge < -0.3 is 15.3 Å². The largest absolute Gasteiger partial charge is 0.390 e. The summed E-state index contributed by atoms with van der Waals surface area (Å²) < 4.78 is 22.7. The van der Waals surface area contributed by atoms with Gasteiger partial charge in [-0.05, 0) is 18.2 Å². The highest BCUT2D eigenvalue weighted by Crippen LogP contribution is 2.27. The molecule has 0 amide bonds. The van der Waals surface area contributed by atoms with Crippen molar-refractivity contribution in [1.29, 1.82) is 0 Å². The van der Waals surface area contributed by atoms with E-state index in [9.17, 15) is 13.5 Å². The number of alkyl halides is 1. The first-order valence-corrected chi connectivity index (χ1v) is 7.66. The van der Waals surface area contributed by atoms with Crippen molar-refractivity contribution in [3.8, 4) is 0 Å². The lowest BCUT2D eigenvalue weighted by Crippen LogP contribution is -2.22. The van der Waals surface area contributed by atoms with E-state index in [0.29, 0.717) is 5.69 Å². The van der Waals surface area contributed by atoms with E-state index < -0.39 is 16.1 Å². The molecular weight excluding hydrogens is 290 g/mol. The number of anilines is 2. The lowest BCUT2D eigenvalue weighted by molar-refractivity contribution is 0.211. The number of aliphatic hydroxyl groups is 1. The average molecular weight is 308 g/mol. The maximum Gasteiger partial charge on any atom is 0.238 e. The molecule has 0 heterocycles. The van der Waals surface area contributed by atoms with Crippen LogP contribution in [0.3, 0.4) is 0 Å². The number of hydrogen-bond donors (Lipinski definition) is 3. The highest BCUT2D eigenvalue weighted by Gasteiger charge is 2.13. The van der Waals surface area contributed by atoms with E-state index in [-0.39, 0.29) is 17.3 Å². The van der Waals surface area contributed by atoms with Gasteiger partial charge in [0, 0.05) is 20.6 Å². The Labute approximate surface area is 118 Å². The van der Waals surface area contributed by atoms with Crippen molar-refractivity contribution in [2.24, 2.45) is 5.14 Å². The van der Waals surface area contributed by atoms with Gasteiger partial charge in [0.25, 0.3) is 0 Å². The quantitative estimate of drug-likeness (QED) is 0.662. The number of nitrogens with one attached hydrogen (secondary N) is 1. The number of sulfonamides is 1. The molecule has 0 bridgehead atoms. The smallest absolute Gasteiger partial charge is 0.238 e. The van der Waals surface area contributed by atoms with Gasteiger partial charge in [0.2, 0.25) is 10.0 Å². The number of nitrogens with two attached hydrogens (primary N) is 1. The van der Waals surface area contributed by atoms with E-state index in [0.717, 1.165) is 5.69 Å². The number of halogens is 1. The molecular formula is C11H18ClN3O3S. The second-order valence-corrected chi connectivity index (χ2v) is 6.18. The van der Waals surface area contributed by atoms with E-state index in [1.807, 2.05) is 19.0 Å². The predicted octanol–water partition coefficient (Wildman–Crippen LogP) is 0.412. The number of hydrogen-bond acceptors (Lipinski definition) is 5. The lowest BCUT2D eigenvalue weighted by atomic mass is 10.2. The van der Waals surface area contributed by atoms with E-state index in [1.165, 1.54) is 12.1 Å². The van der Waals surface area contributed by atoms with Crippen LogP contribution in [0.15, 0.2) is 23.1 Å². The maximum atomic E-state index is 11.3. The fourth-order valence-electron chi connectivity index (χ4n) is 1.51. The molecule has 1 aromatic rings. The van der Waals surface area contributed by atoms with Gasteiger partial charge in [-0.25, -0.2) is 13.6 Å². The Hall–Kier alpha value is -1.02. The summed E-state index contributed by atoms with van der Waals surface area (Å²) in [5, 5.41) is 17.5. The minimum Gasteiger partial charge on any atom is -0.390 e. The fraction of sp³-hybridized carbons (Fsp3) is 0.455. The summed E-state index contributed by atoms with van der Waals surface area (Å²) >= 11 is 5.51. The van der Waals surface area contributed by atoms with Crippen LogP contribution in [0, 0.1) is 0 Å². The molecule has 0 radical (unpaired) electrons. The van der Waals surface area contributed by atoms with Crippen molar-refractivity contribution < 1.29 is 13.5 Å². The molecule has 6 nitrogen and oxygen atoms in total. The van der Waals surface area contributed by atoms with E-state index in [2.05, 4.69) is 5.32 Å². The fourth-order valence-corrected chi connectivity index (χ4v) is 2.15. The Bertz CT molecular complexity index is 534. The van der Waals surface area contributed by atoms with Crippen LogP contribution in [0.2, 0.25) is 0 Å². The average Bonchev–Trinajstić information content (AvgIpc) is 2.34. The van der Waals surface area contributed by atoms with Crippen LogP contribution in [-0.4, -0.2) is 46.1 Å². The van der Waals surface area contributed by atoms with Crippen molar-refractivity contribution in [2.45, 2.75) is 11.0 Å². The molecule has 8 heteroatoms. The number of nitrogens with zero attached hydrogens (tertiary/aromatic N) is 1. The standard InChI is InChI=1S/C11H18ClN3O3S/c1-15(2)11-4-3-9(19(13,17)18)5-10(11)14-7-8(16)6-12/h3-5,8,14,16H,6-7H2,1-2H3,(H2,13,17,18). The van der Waals surface area contributed by atoms with Crippen molar-refractivity contribution in [2.75, 3.05) is 36.7 Å². The molecule has 1 rings (SSSR count). The Morgan fingerprint density at radius 1 is 1.47 bits per heavy atom. The summed E-state index contributed by atoms with van der Waals surface area (Å²) in [4.78, 5) is 1.84. The van der Waals surface area contributed by atoms with Gasteiger partial charge in [-0.3, -0.25) is 0 Å². The first-order chi connectivity index (χ1) is 8.75. The predicted molar refractivity (Wildman–Crippen MR) is 77.4 cm³/mol. The summed E-state index contributed by atoms with van der Waals surface area (Å²) in [7, 11) is -0.102. The zero-order chi connectivity index (χ0) is 14.6. The maximum absolute atomic E-state index is 11.3. The molecule has 0 aliphatic heterocycles. The first-order valence-electron chi connectivity index (χ1n) is 5.57. The summed E-state index contributed by atoms with van der Waals surface area (Å²) in [5.41, 5.74) is 1.36. The van der Waals surface area contributed by atoms with E-state index in [1.54, 1.807) is 6.07 Å². The van der Waals surface area contributed by atoms with Gasteiger partial charge in [-0.2, -0.15) is 0 Å². The molecule has 0 fully saturated rings. The first kappa shape index (κ1) is 16.0. The summed E-state index contributed by atoms with van der Waals surface area (Å²) in [6.07, 6.45) is -0.713. The number of primary sulfonamides is 1. The van der Waals surface area contributed by atoms with Crippen molar-refractivity contribution in [3.63, 3.8) is 0 Å². The van der Waals surface area contributed by atoms with Crippen LogP contribution in [0.4, 0.5) is 11.4 Å². The zero-order valence-electron chi connectivity index (χ0n) is 10.8. The third-order valence-corrected chi connectivity index (χ3v) is 3.75. The van der Waals surface area contributed by atoms with Crippen molar-refractivity contribution in [3.05, 3.63) is 18.2 Å². The third kappa shape index (κ3) is 4.54. The van der Waals surface area contributed by atoms with Crippen LogP contribution < -0.4 is 15.4 Å². The Balaban J connectivity index is 3.09. The molecule has 0 aliphatic rings. The number of rotatable bonds is 6. The molecule has 1 atom stereocenters. The minimum atomic E-state index is -3.76. The van der Waals surface area contributed by atoms with Gasteiger partial charge in [-0.15, -0.1) is 11.6 Å². The van der Waals surface area contributed by atoms with Crippen LogP contribution in [-0.2, 0) is 10.0 Å².